The maximum atomic E-state index is 13.1. The summed E-state index contributed by atoms with van der Waals surface area (Å²) in [6.07, 6.45) is 0. The van der Waals surface area contributed by atoms with Gasteiger partial charge in [0, 0.05) is 0 Å². The van der Waals surface area contributed by atoms with Crippen LogP contribution in [0.4, 0.5) is 4.32 Å². The minimum Gasteiger partial charge on any atom is -0.396 e. The Balaban J connectivity index is 5.93. The second-order valence-corrected chi connectivity index (χ2v) is 13.0. The van der Waals surface area contributed by atoms with E-state index in [0.29, 0.717) is 0 Å². The summed E-state index contributed by atoms with van der Waals surface area (Å²) in [5, 5.41) is 8.52. The molecule has 2 nitrogen and oxygen atoms in total. The van der Waals surface area contributed by atoms with Crippen LogP contribution in [-0.2, 0) is 4.44 Å². The molecule has 0 aliphatic rings. The molecule has 0 radical (unpaired) electrons. The molecule has 0 heterocycles. The van der Waals surface area contributed by atoms with Crippen LogP contribution in [0.15, 0.2) is 0 Å². The first kappa shape index (κ1) is 17.3. The van der Waals surface area contributed by atoms with Gasteiger partial charge in [0.2, 0.25) is 0 Å². The second-order valence-electron chi connectivity index (χ2n) is 7.52. The van der Waals surface area contributed by atoms with Gasteiger partial charge in [-0.2, -0.15) is 0 Å². The first-order valence-corrected chi connectivity index (χ1v) is 7.77. The van der Waals surface area contributed by atoms with Crippen LogP contribution in [0.2, 0.25) is 0 Å². The van der Waals surface area contributed by atoms with Crippen LogP contribution < -0.4 is 0 Å². The summed E-state index contributed by atoms with van der Waals surface area (Å²) in [5.41, 5.74) is 0. The Morgan fingerprint density at radius 3 is 1.12 bits per heavy atom. The van der Waals surface area contributed by atoms with Gasteiger partial charge in [-0.05, 0) is 62.3 Å². The molecule has 0 aromatic carbocycles. The van der Waals surface area contributed by atoms with Crippen molar-refractivity contribution in [3.05, 3.63) is 0 Å². The minimum atomic E-state index is -2.23. The van der Waals surface area contributed by atoms with Gasteiger partial charge in [-0.25, -0.2) is 4.44 Å². The van der Waals surface area contributed by atoms with Gasteiger partial charge in [0.1, 0.15) is 7.49 Å². The van der Waals surface area contributed by atoms with Crippen LogP contribution in [0.1, 0.15) is 62.3 Å². The topological polar surface area (TPSA) is 29.5 Å². The van der Waals surface area contributed by atoms with E-state index in [-0.39, 0.29) is 15.5 Å². The highest BCUT2D eigenvalue weighted by atomic mass is 31.2. The maximum absolute atomic E-state index is 13.1. The van der Waals surface area contributed by atoms with E-state index >= 15 is 0 Å². The van der Waals surface area contributed by atoms with Gasteiger partial charge in [-0.3, -0.25) is 4.32 Å². The largest absolute Gasteiger partial charge is 0.713 e. The highest BCUT2D eigenvalue weighted by molar-refractivity contribution is 7.76. The Labute approximate surface area is 107 Å². The summed E-state index contributed by atoms with van der Waals surface area (Å²) >= 11 is 0. The molecule has 102 valence electrons. The fourth-order valence-electron chi connectivity index (χ4n) is 3.62. The van der Waals surface area contributed by atoms with Crippen LogP contribution in [0.3, 0.4) is 0 Å². The third-order valence-corrected chi connectivity index (χ3v) is 9.24. The Kier molecular flexibility index (Phi) is 4.89. The van der Waals surface area contributed by atoms with Crippen molar-refractivity contribution in [3.63, 3.8) is 0 Å². The van der Waals surface area contributed by atoms with Crippen molar-refractivity contribution >= 4 is 14.9 Å². The van der Waals surface area contributed by atoms with Crippen LogP contribution in [0.25, 0.3) is 0 Å². The Hall–Kier alpha value is 0.345. The fraction of sp³-hybridized carbons (Fsp3) is 1.00. The van der Waals surface area contributed by atoms with Crippen LogP contribution in [0, 0.1) is 0 Å². The lowest BCUT2D eigenvalue weighted by Crippen LogP contribution is -2.46. The molecule has 0 saturated carbocycles. The quantitative estimate of drug-likeness (QED) is 0.596. The van der Waals surface area contributed by atoms with Crippen molar-refractivity contribution in [2.75, 3.05) is 0 Å². The highest BCUT2D eigenvalue weighted by Gasteiger charge is 2.68. The average molecular weight is 265 g/mol. The summed E-state index contributed by atoms with van der Waals surface area (Å²) in [6.45, 7) is 18.6. The van der Waals surface area contributed by atoms with E-state index in [1.807, 2.05) is 0 Å². The van der Waals surface area contributed by atoms with Gasteiger partial charge in [-0.1, -0.05) is 0 Å². The molecule has 0 fully saturated rings. The molecule has 1 N–H and O–H groups in total. The van der Waals surface area contributed by atoms with E-state index < -0.39 is 14.9 Å². The van der Waals surface area contributed by atoms with Gasteiger partial charge < -0.3 is 5.02 Å². The number of hydrogen-bond donors (Lipinski definition) is 1. The molecule has 0 bridgehead atoms. The zero-order chi connectivity index (χ0) is 14.3. The van der Waals surface area contributed by atoms with Crippen molar-refractivity contribution < 1.29 is 13.8 Å². The lowest BCUT2D eigenvalue weighted by Gasteiger charge is -2.51. The van der Waals surface area contributed by atoms with E-state index in [1.165, 1.54) is 0 Å². The highest BCUT2D eigenvalue weighted by Crippen LogP contribution is 2.84. The van der Waals surface area contributed by atoms with Crippen molar-refractivity contribution in [2.45, 2.75) is 77.8 Å². The number of rotatable bonds is 2. The van der Waals surface area contributed by atoms with E-state index in [1.54, 1.807) is 0 Å². The summed E-state index contributed by atoms with van der Waals surface area (Å²) < 4.78 is 18.7. The number of hydrogen-bond acceptors (Lipinski definition) is 2. The molecule has 0 amide bonds. The smallest absolute Gasteiger partial charge is 0.396 e. The molecule has 0 spiro atoms. The van der Waals surface area contributed by atoms with Crippen molar-refractivity contribution in [1.82, 2.24) is 0 Å². The van der Waals surface area contributed by atoms with Crippen LogP contribution in [-0.4, -0.2) is 27.9 Å². The molecule has 0 aromatic heterocycles. The predicted molar refractivity (Wildman–Crippen MR) is 76.3 cm³/mol. The van der Waals surface area contributed by atoms with E-state index in [2.05, 4.69) is 62.3 Å². The van der Waals surface area contributed by atoms with E-state index in [9.17, 15) is 4.32 Å². The van der Waals surface area contributed by atoms with Crippen LogP contribution in [0.5, 0.6) is 0 Å². The van der Waals surface area contributed by atoms with E-state index in [4.69, 9.17) is 9.47 Å². The van der Waals surface area contributed by atoms with Gasteiger partial charge in [0.25, 0.3) is 0 Å². The summed E-state index contributed by atoms with van der Waals surface area (Å²) in [6, 6.07) is 0. The first-order valence-electron chi connectivity index (χ1n) is 6.07. The standard InChI is InChI=1S/C12H28BFO2P/c1-10(2,3)17(11(4,5)6,12(7,8)9)16-13(14)15/h15H,1-9H3/q+1. The summed E-state index contributed by atoms with van der Waals surface area (Å²) in [5.74, 6) is 0. The second kappa shape index (κ2) is 4.79. The monoisotopic (exact) mass is 265 g/mol. The van der Waals surface area contributed by atoms with Gasteiger partial charge in [-0.15, -0.1) is 0 Å². The van der Waals surface area contributed by atoms with Crippen molar-refractivity contribution in [2.24, 2.45) is 0 Å². The lowest BCUT2D eigenvalue weighted by atomic mass is 10.2. The minimum absolute atomic E-state index is 0.198. The molecule has 0 rings (SSSR count). The van der Waals surface area contributed by atoms with E-state index in [0.717, 1.165) is 0 Å². The summed E-state index contributed by atoms with van der Waals surface area (Å²) in [7, 11) is -4.44. The molecule has 0 atom stereocenters. The maximum Gasteiger partial charge on any atom is 0.713 e. The van der Waals surface area contributed by atoms with Crippen LogP contribution >= 0.6 is 7.49 Å². The molecule has 0 aromatic rings. The summed E-state index contributed by atoms with van der Waals surface area (Å²) in [4.78, 5) is 0. The zero-order valence-electron chi connectivity index (χ0n) is 12.8. The Bertz CT molecular complexity index is 225. The molecule has 0 saturated heterocycles. The first-order chi connectivity index (χ1) is 7.17. The third-order valence-electron chi connectivity index (χ3n) is 3.08. The third kappa shape index (κ3) is 3.21. The Morgan fingerprint density at radius 1 is 0.824 bits per heavy atom. The lowest BCUT2D eigenvalue weighted by molar-refractivity contribution is 0.334. The Morgan fingerprint density at radius 2 is 1.06 bits per heavy atom. The molecule has 5 heteroatoms. The normalized spacial score (nSPS) is 15.0. The zero-order valence-corrected chi connectivity index (χ0v) is 13.7. The SMILES string of the molecule is CC(C)(C)[P+](OB(O)F)(C(C)(C)C)C(C)(C)C. The molecule has 0 aliphatic heterocycles. The fourth-order valence-corrected chi connectivity index (χ4v) is 10.9. The average Bonchev–Trinajstić information content (AvgIpc) is 1.91. The van der Waals surface area contributed by atoms with Crippen molar-refractivity contribution in [1.29, 1.82) is 0 Å². The molecule has 0 unspecified atom stereocenters. The van der Waals surface area contributed by atoms with Gasteiger partial charge in [0.05, 0.1) is 15.5 Å². The predicted octanol–water partition coefficient (Wildman–Crippen LogP) is 4.28. The van der Waals surface area contributed by atoms with Gasteiger partial charge >= 0.3 is 7.40 Å². The molecular weight excluding hydrogens is 237 g/mol. The van der Waals surface area contributed by atoms with Gasteiger partial charge in [0.15, 0.2) is 0 Å². The molecular formula is C12H28BFO2P+. The molecule has 0 aliphatic carbocycles. The molecule has 17 heavy (non-hydrogen) atoms. The van der Waals surface area contributed by atoms with Crippen molar-refractivity contribution in [3.8, 4) is 0 Å². The number of halogens is 1.